The molecule has 0 unspecified atom stereocenters. The molecule has 1 aromatic heterocycles. The quantitative estimate of drug-likeness (QED) is 0.760. The fraction of sp³-hybridized carbons (Fsp3) is 0.222. The highest BCUT2D eigenvalue weighted by molar-refractivity contribution is 6.04. The fourth-order valence-electron chi connectivity index (χ4n) is 2.69. The minimum atomic E-state index is -0.456. The van der Waals surface area contributed by atoms with E-state index < -0.39 is 5.91 Å². The highest BCUT2D eigenvalue weighted by Gasteiger charge is 2.19. The number of benzene rings is 2. The van der Waals surface area contributed by atoms with E-state index in [-0.39, 0.29) is 0 Å². The van der Waals surface area contributed by atoms with Crippen molar-refractivity contribution < 1.29 is 4.79 Å². The molecule has 4 rings (SSSR count). The van der Waals surface area contributed by atoms with Gasteiger partial charge in [-0.3, -0.25) is 4.79 Å². The number of rotatable bonds is 5. The van der Waals surface area contributed by atoms with E-state index in [4.69, 9.17) is 5.73 Å². The molecule has 0 bridgehead atoms. The van der Waals surface area contributed by atoms with Gasteiger partial charge < -0.3 is 11.1 Å². The van der Waals surface area contributed by atoms with Crippen molar-refractivity contribution in [3.63, 3.8) is 0 Å². The molecule has 1 heterocycles. The summed E-state index contributed by atoms with van der Waals surface area (Å²) in [7, 11) is 0. The molecule has 1 fully saturated rings. The maximum absolute atomic E-state index is 11.5. The molecule has 2 aromatic carbocycles. The van der Waals surface area contributed by atoms with E-state index in [2.05, 4.69) is 22.5 Å². The summed E-state index contributed by atoms with van der Waals surface area (Å²) in [6.45, 7) is 0.901. The Labute approximate surface area is 134 Å². The smallest absolute Gasteiger partial charge is 0.250 e. The molecule has 3 aromatic rings. The standard InChI is InChI=1S/C18H18N4O/c19-18(23)16-3-1-2-13-11-22(21-17(13)16)15-8-4-12(5-9-15)10-20-14-6-7-14/h1-5,8-9,11,14,20H,6-7,10H2,(H2,19,23). The topological polar surface area (TPSA) is 72.9 Å². The zero-order chi connectivity index (χ0) is 15.8. The maximum Gasteiger partial charge on any atom is 0.250 e. The number of aromatic nitrogens is 2. The van der Waals surface area contributed by atoms with Crippen molar-refractivity contribution in [2.45, 2.75) is 25.4 Å². The lowest BCUT2D eigenvalue weighted by Crippen LogP contribution is -2.15. The summed E-state index contributed by atoms with van der Waals surface area (Å²) >= 11 is 0. The zero-order valence-corrected chi connectivity index (χ0v) is 12.7. The lowest BCUT2D eigenvalue weighted by molar-refractivity contribution is 0.100. The number of carbonyl (C=O) groups is 1. The van der Waals surface area contributed by atoms with Gasteiger partial charge in [0.25, 0.3) is 5.91 Å². The van der Waals surface area contributed by atoms with Crippen molar-refractivity contribution in [3.8, 4) is 5.69 Å². The molecule has 1 aliphatic rings. The summed E-state index contributed by atoms with van der Waals surface area (Å²) in [5.41, 5.74) is 8.73. The zero-order valence-electron chi connectivity index (χ0n) is 12.7. The van der Waals surface area contributed by atoms with Crippen LogP contribution in [0.3, 0.4) is 0 Å². The fourth-order valence-corrected chi connectivity index (χ4v) is 2.69. The van der Waals surface area contributed by atoms with E-state index in [9.17, 15) is 4.79 Å². The average molecular weight is 306 g/mol. The van der Waals surface area contributed by atoms with Crippen LogP contribution < -0.4 is 11.1 Å². The van der Waals surface area contributed by atoms with Crippen LogP contribution in [0.2, 0.25) is 0 Å². The van der Waals surface area contributed by atoms with Gasteiger partial charge in [-0.05, 0) is 36.6 Å². The van der Waals surface area contributed by atoms with E-state index >= 15 is 0 Å². The summed E-state index contributed by atoms with van der Waals surface area (Å²) in [4.78, 5) is 11.5. The molecule has 0 radical (unpaired) electrons. The first kappa shape index (κ1) is 14.0. The molecule has 0 atom stereocenters. The van der Waals surface area contributed by atoms with Crippen molar-refractivity contribution in [3.05, 3.63) is 59.8 Å². The van der Waals surface area contributed by atoms with Gasteiger partial charge in [0.1, 0.15) is 5.52 Å². The lowest BCUT2D eigenvalue weighted by Gasteiger charge is -2.05. The van der Waals surface area contributed by atoms with Crippen LogP contribution in [0.4, 0.5) is 0 Å². The summed E-state index contributed by atoms with van der Waals surface area (Å²) < 4.78 is 1.79. The minimum Gasteiger partial charge on any atom is -0.366 e. The van der Waals surface area contributed by atoms with Gasteiger partial charge in [-0.15, -0.1) is 0 Å². The van der Waals surface area contributed by atoms with E-state index in [1.165, 1.54) is 18.4 Å². The molecule has 5 heteroatoms. The van der Waals surface area contributed by atoms with E-state index in [0.717, 1.165) is 17.6 Å². The Hall–Kier alpha value is -2.66. The third-order valence-corrected chi connectivity index (χ3v) is 4.17. The van der Waals surface area contributed by atoms with Gasteiger partial charge in [-0.1, -0.05) is 24.3 Å². The first-order valence-electron chi connectivity index (χ1n) is 7.81. The minimum absolute atomic E-state index is 0.450. The predicted molar refractivity (Wildman–Crippen MR) is 89.4 cm³/mol. The number of nitrogens with zero attached hydrogens (tertiary/aromatic N) is 2. The molecule has 1 aliphatic carbocycles. The Morgan fingerprint density at radius 1 is 1.22 bits per heavy atom. The highest BCUT2D eigenvalue weighted by Crippen LogP contribution is 2.21. The van der Waals surface area contributed by atoms with Crippen LogP contribution in [0, 0.1) is 0 Å². The number of hydrogen-bond donors (Lipinski definition) is 2. The average Bonchev–Trinajstić information content (AvgIpc) is 3.29. The van der Waals surface area contributed by atoms with Gasteiger partial charge in [0, 0.05) is 24.2 Å². The first-order valence-corrected chi connectivity index (χ1v) is 7.81. The Morgan fingerprint density at radius 3 is 2.70 bits per heavy atom. The SMILES string of the molecule is NC(=O)c1cccc2cn(-c3ccc(CNC4CC4)cc3)nc12. The molecule has 5 nitrogen and oxygen atoms in total. The molecule has 23 heavy (non-hydrogen) atoms. The number of primary amides is 1. The van der Waals surface area contributed by atoms with Gasteiger partial charge in [0.15, 0.2) is 0 Å². The molecule has 116 valence electrons. The van der Waals surface area contributed by atoms with Gasteiger partial charge >= 0.3 is 0 Å². The number of hydrogen-bond acceptors (Lipinski definition) is 3. The van der Waals surface area contributed by atoms with Gasteiger partial charge in [0.05, 0.1) is 11.3 Å². The van der Waals surface area contributed by atoms with Crippen molar-refractivity contribution in [2.75, 3.05) is 0 Å². The number of fused-ring (bicyclic) bond motifs is 1. The summed E-state index contributed by atoms with van der Waals surface area (Å²) in [6, 6.07) is 14.4. The lowest BCUT2D eigenvalue weighted by atomic mass is 10.1. The molecule has 0 spiro atoms. The second-order valence-electron chi connectivity index (χ2n) is 6.00. The van der Waals surface area contributed by atoms with E-state index in [1.807, 2.05) is 30.5 Å². The van der Waals surface area contributed by atoms with Crippen LogP contribution in [0.5, 0.6) is 0 Å². The van der Waals surface area contributed by atoms with Crippen molar-refractivity contribution >= 4 is 16.8 Å². The molecule has 0 aliphatic heterocycles. The van der Waals surface area contributed by atoms with Crippen LogP contribution >= 0.6 is 0 Å². The number of carbonyl (C=O) groups excluding carboxylic acids is 1. The second-order valence-corrected chi connectivity index (χ2v) is 6.00. The largest absolute Gasteiger partial charge is 0.366 e. The highest BCUT2D eigenvalue weighted by atomic mass is 16.1. The van der Waals surface area contributed by atoms with Gasteiger partial charge in [-0.25, -0.2) is 4.68 Å². The Morgan fingerprint density at radius 2 is 2.00 bits per heavy atom. The number of nitrogens with two attached hydrogens (primary N) is 1. The van der Waals surface area contributed by atoms with Crippen LogP contribution in [0.15, 0.2) is 48.7 Å². The van der Waals surface area contributed by atoms with Gasteiger partial charge in [-0.2, -0.15) is 5.10 Å². The van der Waals surface area contributed by atoms with Crippen molar-refractivity contribution in [2.24, 2.45) is 5.73 Å². The second kappa shape index (κ2) is 5.52. The first-order chi connectivity index (χ1) is 11.2. The molecular weight excluding hydrogens is 288 g/mol. The molecule has 1 amide bonds. The summed E-state index contributed by atoms with van der Waals surface area (Å²) in [5, 5.41) is 8.92. The van der Waals surface area contributed by atoms with Crippen LogP contribution in [0.1, 0.15) is 28.8 Å². The van der Waals surface area contributed by atoms with Crippen LogP contribution in [-0.4, -0.2) is 21.7 Å². The Kier molecular flexibility index (Phi) is 3.35. The van der Waals surface area contributed by atoms with Crippen molar-refractivity contribution in [1.82, 2.24) is 15.1 Å². The maximum atomic E-state index is 11.5. The molecular formula is C18H18N4O. The monoisotopic (exact) mass is 306 g/mol. The molecule has 0 saturated heterocycles. The van der Waals surface area contributed by atoms with Crippen LogP contribution in [0.25, 0.3) is 16.6 Å². The van der Waals surface area contributed by atoms with E-state index in [0.29, 0.717) is 17.1 Å². The summed E-state index contributed by atoms with van der Waals surface area (Å²) in [5.74, 6) is -0.456. The number of nitrogens with one attached hydrogen (secondary N) is 1. The third-order valence-electron chi connectivity index (χ3n) is 4.17. The molecule has 1 saturated carbocycles. The third kappa shape index (κ3) is 2.83. The van der Waals surface area contributed by atoms with Crippen molar-refractivity contribution in [1.29, 1.82) is 0 Å². The number of amides is 1. The normalized spacial score (nSPS) is 14.3. The Bertz CT molecular complexity index is 862. The molecule has 3 N–H and O–H groups in total. The predicted octanol–water partition coefficient (Wildman–Crippen LogP) is 2.38. The van der Waals surface area contributed by atoms with Crippen LogP contribution in [-0.2, 0) is 6.54 Å². The Balaban J connectivity index is 1.63. The van der Waals surface area contributed by atoms with E-state index in [1.54, 1.807) is 10.7 Å². The van der Waals surface area contributed by atoms with Gasteiger partial charge in [0.2, 0.25) is 0 Å². The summed E-state index contributed by atoms with van der Waals surface area (Å²) in [6.07, 6.45) is 4.50.